The van der Waals surface area contributed by atoms with Crippen molar-refractivity contribution in [3.63, 3.8) is 0 Å². The molecule has 3 saturated heterocycles. The van der Waals surface area contributed by atoms with Crippen molar-refractivity contribution in [2.45, 2.75) is 76.8 Å². The Morgan fingerprint density at radius 1 is 0.943 bits per heavy atom. The number of alkyl halides is 2. The Balaban J connectivity index is 1.09. The number of halogens is 2. The zero-order valence-corrected chi connectivity index (χ0v) is 31.0. The summed E-state index contributed by atoms with van der Waals surface area (Å²) in [5.41, 5.74) is 2.76. The number of piperidine rings is 3. The van der Waals surface area contributed by atoms with E-state index in [1.807, 2.05) is 34.1 Å². The normalized spacial score (nSPS) is 20.1. The molecular weight excluding hydrogens is 680 g/mol. The molecule has 4 heterocycles. The highest BCUT2D eigenvalue weighted by Crippen LogP contribution is 2.35. The van der Waals surface area contributed by atoms with Gasteiger partial charge in [-0.3, -0.25) is 19.3 Å². The smallest absolute Gasteiger partial charge is 0.322 e. The van der Waals surface area contributed by atoms with Crippen molar-refractivity contribution < 1.29 is 32.7 Å². The van der Waals surface area contributed by atoms with Crippen LogP contribution in [0, 0.1) is 24.7 Å². The monoisotopic (exact) mass is 733 g/mol. The number of methoxy groups -OCH3 is 1. The number of carbonyl (C=O) groups excluding carboxylic acids is 4. The number of hydrogen-bond acceptors (Lipinski definition) is 6. The molecule has 4 amide bonds. The number of nitrogens with zero attached hydrogens (tertiary/aromatic N) is 4. The van der Waals surface area contributed by atoms with Crippen molar-refractivity contribution in [1.82, 2.24) is 19.6 Å². The van der Waals surface area contributed by atoms with Gasteiger partial charge in [0, 0.05) is 56.4 Å². The molecule has 0 aliphatic carbocycles. The van der Waals surface area contributed by atoms with E-state index in [2.05, 4.69) is 16.8 Å². The molecule has 2 aromatic rings. The summed E-state index contributed by atoms with van der Waals surface area (Å²) in [7, 11) is 1.41. The van der Waals surface area contributed by atoms with Crippen LogP contribution in [0.2, 0.25) is 0 Å². The second-order valence-corrected chi connectivity index (χ2v) is 15.3. The van der Waals surface area contributed by atoms with Gasteiger partial charge in [-0.2, -0.15) is 8.78 Å². The van der Waals surface area contributed by atoms with Gasteiger partial charge in [0.05, 0.1) is 19.6 Å². The van der Waals surface area contributed by atoms with Crippen LogP contribution in [0.25, 0.3) is 0 Å². The highest BCUT2D eigenvalue weighted by molar-refractivity contribution is 5.92. The molecule has 1 N–H and O–H groups in total. The fourth-order valence-electron chi connectivity index (χ4n) is 8.76. The van der Waals surface area contributed by atoms with Gasteiger partial charge in [-0.05, 0) is 112 Å². The molecule has 4 aliphatic heterocycles. The molecule has 1 atom stereocenters. The average Bonchev–Trinajstić information content (AvgIpc) is 3.18. The third kappa shape index (κ3) is 9.08. The molecule has 6 rings (SSSR count). The van der Waals surface area contributed by atoms with Crippen LogP contribution in [-0.2, 0) is 38.0 Å². The number of para-hydroxylation sites is 1. The maximum absolute atomic E-state index is 14.8. The summed E-state index contributed by atoms with van der Waals surface area (Å²) in [5.74, 6) is -3.36. The van der Waals surface area contributed by atoms with Gasteiger partial charge in [-0.15, -0.1) is 0 Å². The molecule has 12 heteroatoms. The first-order valence-corrected chi connectivity index (χ1v) is 19.1. The summed E-state index contributed by atoms with van der Waals surface area (Å²) in [6, 6.07) is 12.5. The summed E-state index contributed by atoms with van der Waals surface area (Å²) in [6.07, 6.45) is 5.81. The first kappa shape index (κ1) is 38.4. The summed E-state index contributed by atoms with van der Waals surface area (Å²) >= 11 is 0. The van der Waals surface area contributed by atoms with E-state index in [0.29, 0.717) is 81.1 Å². The number of hydrogen-bond donors (Lipinski definition) is 1. The van der Waals surface area contributed by atoms with E-state index in [1.54, 1.807) is 24.0 Å². The fourth-order valence-corrected chi connectivity index (χ4v) is 8.76. The summed E-state index contributed by atoms with van der Waals surface area (Å²) in [4.78, 5) is 60.5. The second-order valence-electron chi connectivity index (χ2n) is 15.3. The van der Waals surface area contributed by atoms with Gasteiger partial charge >= 0.3 is 12.0 Å². The molecule has 0 bridgehead atoms. The number of carbonyl (C=O) groups is 4. The zero-order valence-electron chi connectivity index (χ0n) is 31.0. The highest BCUT2D eigenvalue weighted by atomic mass is 19.3. The Kier molecular flexibility index (Phi) is 12.2. The molecule has 286 valence electrons. The third-order valence-electron chi connectivity index (χ3n) is 12.0. The lowest BCUT2D eigenvalue weighted by atomic mass is 9.78. The number of amides is 4. The average molecular weight is 734 g/mol. The number of fused-ring (bicyclic) bond motifs is 1. The molecule has 4 aliphatic rings. The quantitative estimate of drug-likeness (QED) is 0.225. The molecule has 10 nitrogen and oxygen atoms in total. The summed E-state index contributed by atoms with van der Waals surface area (Å²) in [5, 5.41) is 2.98. The van der Waals surface area contributed by atoms with Crippen LogP contribution in [-0.4, -0.2) is 102 Å². The van der Waals surface area contributed by atoms with Crippen LogP contribution in [0.3, 0.4) is 0 Å². The number of nitrogens with one attached hydrogen (secondary N) is 1. The SMILES string of the molecule is C=CC(F)(F)c1cc(CC(CC(=O)N2CCC(N3Cc4ccccc4NC3=O)CC2)C(=O)N2CCC(C3CCN(CC(=O)OC)CC3)CC2)ccc1C. The third-order valence-corrected chi connectivity index (χ3v) is 12.0. The molecule has 0 saturated carbocycles. The molecular formula is C41H53F2N5O5. The van der Waals surface area contributed by atoms with Crippen molar-refractivity contribution in [1.29, 1.82) is 0 Å². The topological polar surface area (TPSA) is 102 Å². The number of aryl methyl sites for hydroxylation is 1. The number of urea groups is 1. The van der Waals surface area contributed by atoms with Crippen molar-refractivity contribution in [2.75, 3.05) is 58.2 Å². The maximum Gasteiger partial charge on any atom is 0.322 e. The Hall–Kier alpha value is -4.32. The zero-order chi connectivity index (χ0) is 37.7. The second kappa shape index (κ2) is 16.8. The lowest BCUT2D eigenvalue weighted by molar-refractivity contribution is -0.143. The molecule has 3 fully saturated rings. The Morgan fingerprint density at radius 2 is 1.58 bits per heavy atom. The summed E-state index contributed by atoms with van der Waals surface area (Å²) in [6.45, 7) is 9.62. The van der Waals surface area contributed by atoms with Gasteiger partial charge in [-0.25, -0.2) is 4.79 Å². The van der Waals surface area contributed by atoms with Gasteiger partial charge < -0.3 is 24.8 Å². The lowest BCUT2D eigenvalue weighted by Gasteiger charge is -2.41. The minimum Gasteiger partial charge on any atom is -0.468 e. The van der Waals surface area contributed by atoms with E-state index in [1.165, 1.54) is 13.2 Å². The van der Waals surface area contributed by atoms with Crippen LogP contribution in [0.5, 0.6) is 0 Å². The van der Waals surface area contributed by atoms with E-state index in [4.69, 9.17) is 4.74 Å². The van der Waals surface area contributed by atoms with Gasteiger partial charge in [0.1, 0.15) is 0 Å². The largest absolute Gasteiger partial charge is 0.468 e. The van der Waals surface area contributed by atoms with Gasteiger partial charge in [0.25, 0.3) is 5.92 Å². The fraction of sp³-hybridized carbons (Fsp3) is 0.561. The highest BCUT2D eigenvalue weighted by Gasteiger charge is 2.37. The number of benzene rings is 2. The van der Waals surface area contributed by atoms with Crippen LogP contribution in [0.15, 0.2) is 55.1 Å². The van der Waals surface area contributed by atoms with Gasteiger partial charge in [0.2, 0.25) is 11.8 Å². The maximum atomic E-state index is 14.8. The van der Waals surface area contributed by atoms with Crippen molar-refractivity contribution >= 4 is 29.5 Å². The molecule has 53 heavy (non-hydrogen) atoms. The number of allylic oxidation sites excluding steroid dienone is 1. The van der Waals surface area contributed by atoms with Gasteiger partial charge in [-0.1, -0.05) is 36.9 Å². The van der Waals surface area contributed by atoms with Crippen LogP contribution in [0.4, 0.5) is 19.3 Å². The van der Waals surface area contributed by atoms with Gasteiger partial charge in [0.15, 0.2) is 0 Å². The number of likely N-dealkylation sites (tertiary alicyclic amines) is 3. The van der Waals surface area contributed by atoms with Crippen molar-refractivity contribution in [3.05, 3.63) is 77.4 Å². The Labute approximate surface area is 311 Å². The molecule has 2 aromatic carbocycles. The van der Waals surface area contributed by atoms with E-state index in [9.17, 15) is 28.0 Å². The molecule has 0 radical (unpaired) electrons. The predicted molar refractivity (Wildman–Crippen MR) is 198 cm³/mol. The van der Waals surface area contributed by atoms with Crippen molar-refractivity contribution in [3.8, 4) is 0 Å². The molecule has 0 aromatic heterocycles. The molecule has 0 spiro atoms. The van der Waals surface area contributed by atoms with Crippen LogP contribution < -0.4 is 5.32 Å². The Bertz CT molecular complexity index is 1660. The van der Waals surface area contributed by atoms with E-state index >= 15 is 0 Å². The number of ether oxygens (including phenoxy) is 1. The Morgan fingerprint density at radius 3 is 2.25 bits per heavy atom. The number of esters is 1. The first-order valence-electron chi connectivity index (χ1n) is 19.1. The minimum atomic E-state index is -3.22. The number of rotatable bonds is 11. The molecule has 1 unspecified atom stereocenters. The number of anilines is 1. The van der Waals surface area contributed by atoms with E-state index in [0.717, 1.165) is 50.0 Å². The van der Waals surface area contributed by atoms with Crippen LogP contribution in [0.1, 0.15) is 67.2 Å². The first-order chi connectivity index (χ1) is 25.4. The lowest BCUT2D eigenvalue weighted by Crippen LogP contribution is -2.51. The minimum absolute atomic E-state index is 0.0104. The van der Waals surface area contributed by atoms with E-state index < -0.39 is 11.8 Å². The van der Waals surface area contributed by atoms with Crippen molar-refractivity contribution in [2.24, 2.45) is 17.8 Å². The van der Waals surface area contributed by atoms with E-state index in [-0.39, 0.29) is 48.3 Å². The van der Waals surface area contributed by atoms with Crippen LogP contribution >= 0.6 is 0 Å². The standard InChI is InChI=1S/C41H53F2N5O5/c1-4-41(42,43)35-24-29(10-9-28(35)2)23-33(39(51)47-19-13-31(14-20-47)30-11-17-45(18-12-30)27-38(50)53-3)25-37(49)46-21-15-34(16-22-46)48-26-32-7-5-6-8-36(32)44-40(48)52/h4-10,24,30-31,33-34H,1,11-23,25-27H2,2-3H3,(H,44,52). The predicted octanol–water partition coefficient (Wildman–Crippen LogP) is 5.98. The summed E-state index contributed by atoms with van der Waals surface area (Å²) < 4.78 is 34.4.